The molecule has 0 saturated carbocycles. The first-order valence-electron chi connectivity index (χ1n) is 11.1. The van der Waals surface area contributed by atoms with Gasteiger partial charge in [0.1, 0.15) is 17.3 Å². The van der Waals surface area contributed by atoms with E-state index in [2.05, 4.69) is 0 Å². The summed E-state index contributed by atoms with van der Waals surface area (Å²) in [4.78, 5) is 32.4. The zero-order valence-corrected chi connectivity index (χ0v) is 19.3. The molecule has 0 aliphatic carbocycles. The SMILES string of the molecule is COc1ccccc1C(=O)c1ccccc1-c1nc2ccccc2c(=O)n1-c1ccccc1OC. The molecule has 6 nitrogen and oxygen atoms in total. The average Bonchev–Trinajstić information content (AvgIpc) is 2.92. The van der Waals surface area contributed by atoms with Crippen LogP contribution in [0.3, 0.4) is 0 Å². The van der Waals surface area contributed by atoms with Gasteiger partial charge in [-0.1, -0.05) is 60.7 Å². The maximum Gasteiger partial charge on any atom is 0.266 e. The second-order valence-corrected chi connectivity index (χ2v) is 7.84. The highest BCUT2D eigenvalue weighted by Crippen LogP contribution is 2.31. The van der Waals surface area contributed by atoms with E-state index in [1.807, 2.05) is 30.3 Å². The topological polar surface area (TPSA) is 70.4 Å². The van der Waals surface area contributed by atoms with E-state index in [1.165, 1.54) is 11.7 Å². The summed E-state index contributed by atoms with van der Waals surface area (Å²) in [7, 11) is 3.08. The number of ether oxygens (including phenoxy) is 2. The van der Waals surface area contributed by atoms with Crippen molar-refractivity contribution in [2.24, 2.45) is 0 Å². The number of carbonyl (C=O) groups is 1. The second kappa shape index (κ2) is 9.27. The van der Waals surface area contributed by atoms with Crippen LogP contribution in [0.15, 0.2) is 102 Å². The Labute approximate surface area is 202 Å². The van der Waals surface area contributed by atoms with Crippen LogP contribution in [0.4, 0.5) is 0 Å². The molecule has 4 aromatic carbocycles. The molecule has 5 aromatic rings. The van der Waals surface area contributed by atoms with Crippen molar-refractivity contribution in [2.75, 3.05) is 14.2 Å². The van der Waals surface area contributed by atoms with Crippen LogP contribution in [0, 0.1) is 0 Å². The number of hydrogen-bond acceptors (Lipinski definition) is 5. The number of nitrogens with zero attached hydrogens (tertiary/aromatic N) is 2. The predicted molar refractivity (Wildman–Crippen MR) is 136 cm³/mol. The third-order valence-electron chi connectivity index (χ3n) is 5.87. The maximum absolute atomic E-state index is 13.8. The van der Waals surface area contributed by atoms with Gasteiger partial charge in [-0.15, -0.1) is 0 Å². The Morgan fingerprint density at radius 2 is 1.31 bits per heavy atom. The van der Waals surface area contributed by atoms with Gasteiger partial charge in [0.25, 0.3) is 5.56 Å². The molecule has 172 valence electrons. The molecule has 1 aromatic heterocycles. The number of methoxy groups -OCH3 is 2. The summed E-state index contributed by atoms with van der Waals surface area (Å²) in [6.07, 6.45) is 0. The third-order valence-corrected chi connectivity index (χ3v) is 5.87. The first-order valence-corrected chi connectivity index (χ1v) is 11.1. The van der Waals surface area contributed by atoms with Crippen LogP contribution in [0.5, 0.6) is 11.5 Å². The van der Waals surface area contributed by atoms with Crippen LogP contribution in [0.25, 0.3) is 28.0 Å². The Balaban J connectivity index is 1.84. The van der Waals surface area contributed by atoms with E-state index < -0.39 is 0 Å². The van der Waals surface area contributed by atoms with Crippen LogP contribution >= 0.6 is 0 Å². The molecular formula is C29H22N2O4. The average molecular weight is 463 g/mol. The maximum atomic E-state index is 13.8. The number of para-hydroxylation sites is 4. The Morgan fingerprint density at radius 1 is 0.714 bits per heavy atom. The Morgan fingerprint density at radius 3 is 2.09 bits per heavy atom. The molecular weight excluding hydrogens is 440 g/mol. The quantitative estimate of drug-likeness (QED) is 0.320. The van der Waals surface area contributed by atoms with Crippen molar-refractivity contribution in [3.8, 4) is 28.6 Å². The van der Waals surface area contributed by atoms with E-state index in [0.717, 1.165) is 0 Å². The van der Waals surface area contributed by atoms with Crippen LogP contribution in [-0.4, -0.2) is 29.6 Å². The predicted octanol–water partition coefficient (Wildman–Crippen LogP) is 5.30. The van der Waals surface area contributed by atoms with E-state index in [9.17, 15) is 9.59 Å². The summed E-state index contributed by atoms with van der Waals surface area (Å²) in [5.41, 5.74) is 2.18. The molecule has 0 N–H and O–H groups in total. The summed E-state index contributed by atoms with van der Waals surface area (Å²) in [6, 6.07) is 28.6. The minimum atomic E-state index is -0.255. The lowest BCUT2D eigenvalue weighted by Crippen LogP contribution is -2.23. The number of hydrogen-bond donors (Lipinski definition) is 0. The number of ketones is 1. The van der Waals surface area contributed by atoms with Crippen LogP contribution in [-0.2, 0) is 0 Å². The number of fused-ring (bicyclic) bond motifs is 1. The van der Waals surface area contributed by atoms with Gasteiger partial charge in [0.2, 0.25) is 0 Å². The molecule has 0 aliphatic heterocycles. The largest absolute Gasteiger partial charge is 0.496 e. The monoisotopic (exact) mass is 462 g/mol. The molecule has 35 heavy (non-hydrogen) atoms. The summed E-state index contributed by atoms with van der Waals surface area (Å²) >= 11 is 0. The number of carbonyl (C=O) groups excluding carboxylic acids is 1. The molecule has 0 spiro atoms. The standard InChI is InChI=1S/C29H22N2O4/c1-34-25-17-9-6-14-22(25)27(32)19-11-3-4-12-20(19)28-30-23-15-7-5-13-21(23)29(33)31(28)24-16-8-10-18-26(24)35-2/h3-18H,1-2H3. The smallest absolute Gasteiger partial charge is 0.266 e. The van der Waals surface area contributed by atoms with Gasteiger partial charge in [-0.05, 0) is 36.4 Å². The van der Waals surface area contributed by atoms with Crippen molar-refractivity contribution < 1.29 is 14.3 Å². The normalized spacial score (nSPS) is 10.8. The second-order valence-electron chi connectivity index (χ2n) is 7.84. The van der Waals surface area contributed by atoms with Crippen molar-refractivity contribution in [1.82, 2.24) is 9.55 Å². The van der Waals surface area contributed by atoms with Crippen molar-refractivity contribution in [1.29, 1.82) is 0 Å². The summed E-state index contributed by atoms with van der Waals surface area (Å²) in [5.74, 6) is 1.10. The van der Waals surface area contributed by atoms with E-state index >= 15 is 0 Å². The van der Waals surface area contributed by atoms with Gasteiger partial charge in [0.15, 0.2) is 5.78 Å². The molecule has 0 unspecified atom stereocenters. The summed E-state index contributed by atoms with van der Waals surface area (Å²) < 4.78 is 12.5. The number of benzene rings is 4. The molecule has 0 radical (unpaired) electrons. The molecule has 0 bridgehead atoms. The fraction of sp³-hybridized carbons (Fsp3) is 0.0690. The zero-order chi connectivity index (χ0) is 24.4. The van der Waals surface area contributed by atoms with Crippen LogP contribution < -0.4 is 15.0 Å². The Kier molecular flexibility index (Phi) is 5.85. The van der Waals surface area contributed by atoms with Gasteiger partial charge in [-0.2, -0.15) is 0 Å². The lowest BCUT2D eigenvalue weighted by atomic mass is 9.97. The zero-order valence-electron chi connectivity index (χ0n) is 19.3. The fourth-order valence-corrected chi connectivity index (χ4v) is 4.20. The van der Waals surface area contributed by atoms with Gasteiger partial charge < -0.3 is 9.47 Å². The minimum absolute atomic E-state index is 0.230. The molecule has 1 heterocycles. The first-order chi connectivity index (χ1) is 17.1. The summed E-state index contributed by atoms with van der Waals surface area (Å²) in [5, 5.41) is 0.468. The third kappa shape index (κ3) is 3.85. The van der Waals surface area contributed by atoms with Gasteiger partial charge in [0.05, 0.1) is 36.4 Å². The van der Waals surface area contributed by atoms with E-state index in [-0.39, 0.29) is 11.3 Å². The highest BCUT2D eigenvalue weighted by Gasteiger charge is 2.23. The molecule has 0 atom stereocenters. The highest BCUT2D eigenvalue weighted by atomic mass is 16.5. The van der Waals surface area contributed by atoms with Crippen molar-refractivity contribution >= 4 is 16.7 Å². The van der Waals surface area contributed by atoms with Crippen LogP contribution in [0.2, 0.25) is 0 Å². The molecule has 0 aliphatic rings. The first kappa shape index (κ1) is 22.1. The molecule has 0 saturated heterocycles. The van der Waals surface area contributed by atoms with Gasteiger partial charge in [0, 0.05) is 11.1 Å². The van der Waals surface area contributed by atoms with Crippen molar-refractivity contribution in [3.05, 3.63) is 119 Å². The minimum Gasteiger partial charge on any atom is -0.496 e. The van der Waals surface area contributed by atoms with Crippen molar-refractivity contribution in [2.45, 2.75) is 0 Å². The summed E-state index contributed by atoms with van der Waals surface area (Å²) in [6.45, 7) is 0. The van der Waals surface area contributed by atoms with Crippen molar-refractivity contribution in [3.63, 3.8) is 0 Å². The molecule has 0 fully saturated rings. The van der Waals surface area contributed by atoms with E-state index in [1.54, 1.807) is 73.8 Å². The van der Waals surface area contributed by atoms with Gasteiger partial charge in [-0.3, -0.25) is 14.2 Å². The lowest BCUT2D eigenvalue weighted by molar-refractivity contribution is 0.103. The highest BCUT2D eigenvalue weighted by molar-refractivity contribution is 6.14. The van der Waals surface area contributed by atoms with Gasteiger partial charge in [-0.25, -0.2) is 4.98 Å². The molecule has 5 rings (SSSR count). The Hall–Kier alpha value is -4.71. The number of aromatic nitrogens is 2. The number of rotatable bonds is 6. The molecule has 0 amide bonds. The van der Waals surface area contributed by atoms with Gasteiger partial charge >= 0.3 is 0 Å². The van der Waals surface area contributed by atoms with Crippen LogP contribution in [0.1, 0.15) is 15.9 Å². The van der Waals surface area contributed by atoms with E-state index in [0.29, 0.717) is 50.6 Å². The van der Waals surface area contributed by atoms with E-state index in [4.69, 9.17) is 14.5 Å². The Bertz CT molecular complexity index is 1620. The fourth-order valence-electron chi connectivity index (χ4n) is 4.20. The molecule has 6 heteroatoms. The lowest BCUT2D eigenvalue weighted by Gasteiger charge is -2.18.